The molecular weight excluding hydrogens is 276 g/mol. The number of hydrogen-bond acceptors (Lipinski definition) is 1. The fraction of sp³-hybridized carbons (Fsp3) is 0.375. The maximum Gasteiger partial charge on any atom is 0.417 e. The van der Waals surface area contributed by atoms with Crippen LogP contribution in [0, 0.1) is 0 Å². The first-order valence-corrected chi connectivity index (χ1v) is 4.79. The molecule has 90 valence electrons. The maximum atomic E-state index is 12.4. The average molecular weight is 280 g/mol. The normalized spacial score (nSPS) is 12.2. The lowest BCUT2D eigenvalue weighted by Crippen LogP contribution is -2.10. The van der Waals surface area contributed by atoms with Crippen molar-refractivity contribution >= 4 is 23.2 Å². The largest absolute Gasteiger partial charge is 0.417 e. The highest BCUT2D eigenvalue weighted by atomic mass is 35.5. The molecule has 0 amide bonds. The van der Waals surface area contributed by atoms with Crippen molar-refractivity contribution in [3.63, 3.8) is 0 Å². The summed E-state index contributed by atoms with van der Waals surface area (Å²) in [5, 5.41) is -0.744. The summed E-state index contributed by atoms with van der Waals surface area (Å²) in [5.74, 6) is -0.470. The van der Waals surface area contributed by atoms with Crippen LogP contribution in [0.2, 0.25) is 5.02 Å². The minimum absolute atomic E-state index is 0.225. The molecule has 0 bridgehead atoms. The molecule has 0 aliphatic rings. The quantitative estimate of drug-likeness (QED) is 0.576. The molecule has 0 unspecified atom stereocenters. The molecule has 0 fully saturated rings. The van der Waals surface area contributed by atoms with Gasteiger partial charge in [-0.15, -0.1) is 11.6 Å². The second kappa shape index (κ2) is 4.71. The van der Waals surface area contributed by atoms with Crippen molar-refractivity contribution in [2.45, 2.75) is 18.5 Å². The Kier molecular flexibility index (Phi) is 3.96. The predicted molar refractivity (Wildman–Crippen MR) is 48.8 cm³/mol. The lowest BCUT2D eigenvalue weighted by atomic mass is 10.2. The van der Waals surface area contributed by atoms with E-state index in [1.54, 1.807) is 0 Å². The molecule has 0 atom stereocenters. The number of hydrogen-bond donors (Lipinski definition) is 0. The van der Waals surface area contributed by atoms with E-state index in [2.05, 4.69) is 4.98 Å². The van der Waals surface area contributed by atoms with Crippen molar-refractivity contribution in [3.8, 4) is 0 Å². The Balaban J connectivity index is 3.42. The summed E-state index contributed by atoms with van der Waals surface area (Å²) in [6, 6.07) is 0.225. The van der Waals surface area contributed by atoms with Crippen LogP contribution in [0.1, 0.15) is 23.4 Å². The molecule has 8 heteroatoms. The molecule has 1 aromatic rings. The first kappa shape index (κ1) is 13.4. The van der Waals surface area contributed by atoms with Crippen LogP contribution in [0.15, 0.2) is 6.07 Å². The van der Waals surface area contributed by atoms with Crippen LogP contribution in [0.4, 0.5) is 22.0 Å². The van der Waals surface area contributed by atoms with E-state index in [0.717, 1.165) is 0 Å². The van der Waals surface area contributed by atoms with E-state index in [0.29, 0.717) is 0 Å². The van der Waals surface area contributed by atoms with Crippen LogP contribution in [-0.4, -0.2) is 4.98 Å². The number of pyridine rings is 1. The zero-order valence-electron chi connectivity index (χ0n) is 7.45. The number of alkyl halides is 6. The lowest BCUT2D eigenvalue weighted by molar-refractivity contribution is -0.137. The van der Waals surface area contributed by atoms with Crippen LogP contribution >= 0.6 is 23.2 Å². The van der Waals surface area contributed by atoms with Crippen molar-refractivity contribution in [1.82, 2.24) is 4.98 Å². The van der Waals surface area contributed by atoms with E-state index in [9.17, 15) is 22.0 Å². The molecule has 0 radical (unpaired) electrons. The Morgan fingerprint density at radius 1 is 1.31 bits per heavy atom. The second-order valence-electron chi connectivity index (χ2n) is 2.79. The summed E-state index contributed by atoms with van der Waals surface area (Å²) >= 11 is 10.6. The van der Waals surface area contributed by atoms with Gasteiger partial charge in [-0.1, -0.05) is 11.6 Å². The summed E-state index contributed by atoms with van der Waals surface area (Å²) < 4.78 is 61.8. The Bertz CT molecular complexity index is 391. The molecule has 1 rings (SSSR count). The van der Waals surface area contributed by atoms with Gasteiger partial charge < -0.3 is 0 Å². The summed E-state index contributed by atoms with van der Waals surface area (Å²) in [5.41, 5.74) is -2.75. The molecule has 0 N–H and O–H groups in total. The third kappa shape index (κ3) is 2.74. The zero-order valence-corrected chi connectivity index (χ0v) is 8.97. The average Bonchev–Trinajstić information content (AvgIpc) is 2.15. The molecule has 1 nitrogen and oxygen atoms in total. The molecular formula is C8H4Cl2F5N. The fourth-order valence-corrected chi connectivity index (χ4v) is 1.54. The van der Waals surface area contributed by atoms with Gasteiger partial charge in [-0.3, -0.25) is 0 Å². The predicted octanol–water partition coefficient (Wildman–Crippen LogP) is 4.43. The lowest BCUT2D eigenvalue weighted by Gasteiger charge is -2.12. The fourth-order valence-electron chi connectivity index (χ4n) is 1.01. The molecule has 1 heterocycles. The van der Waals surface area contributed by atoms with Crippen molar-refractivity contribution in [1.29, 1.82) is 0 Å². The van der Waals surface area contributed by atoms with E-state index in [1.165, 1.54) is 0 Å². The topological polar surface area (TPSA) is 12.9 Å². The molecule has 0 saturated heterocycles. The van der Waals surface area contributed by atoms with Gasteiger partial charge in [0.15, 0.2) is 0 Å². The molecule has 0 saturated carbocycles. The number of halogens is 7. The Hall–Kier alpha value is -0.620. The van der Waals surface area contributed by atoms with Crippen LogP contribution in [0.3, 0.4) is 0 Å². The molecule has 0 spiro atoms. The zero-order chi connectivity index (χ0) is 12.5. The van der Waals surface area contributed by atoms with Gasteiger partial charge in [0.2, 0.25) is 0 Å². The van der Waals surface area contributed by atoms with E-state index < -0.39 is 40.5 Å². The van der Waals surface area contributed by atoms with Crippen LogP contribution in [-0.2, 0) is 12.1 Å². The third-order valence-corrected chi connectivity index (χ3v) is 2.38. The van der Waals surface area contributed by atoms with E-state index in [1.807, 2.05) is 0 Å². The standard InChI is InChI=1S/C8H4Cl2F5N/c9-2-5-6(10)3(8(13,14)15)1-4(16-5)7(11)12/h1,7H,2H2. The van der Waals surface area contributed by atoms with Crippen molar-refractivity contribution < 1.29 is 22.0 Å². The minimum Gasteiger partial charge on any atom is -0.249 e. The van der Waals surface area contributed by atoms with Gasteiger partial charge in [0, 0.05) is 0 Å². The molecule has 0 aromatic carbocycles. The van der Waals surface area contributed by atoms with Gasteiger partial charge in [-0.25, -0.2) is 13.8 Å². The first-order chi connectivity index (χ1) is 7.27. The highest BCUT2D eigenvalue weighted by Crippen LogP contribution is 2.38. The van der Waals surface area contributed by atoms with Gasteiger partial charge in [-0.05, 0) is 6.07 Å². The minimum atomic E-state index is -4.82. The Labute approximate surface area is 97.2 Å². The highest BCUT2D eigenvalue weighted by molar-refractivity contribution is 6.32. The highest BCUT2D eigenvalue weighted by Gasteiger charge is 2.35. The summed E-state index contributed by atoms with van der Waals surface area (Å²) in [6.45, 7) is 0. The third-order valence-electron chi connectivity index (χ3n) is 1.70. The first-order valence-electron chi connectivity index (χ1n) is 3.88. The summed E-state index contributed by atoms with van der Waals surface area (Å²) in [4.78, 5) is 3.25. The number of aromatic nitrogens is 1. The Morgan fingerprint density at radius 3 is 2.25 bits per heavy atom. The summed E-state index contributed by atoms with van der Waals surface area (Å²) in [6.07, 6.45) is -7.93. The molecule has 16 heavy (non-hydrogen) atoms. The van der Waals surface area contributed by atoms with Gasteiger partial charge in [0.25, 0.3) is 6.43 Å². The van der Waals surface area contributed by atoms with Crippen molar-refractivity contribution in [3.05, 3.63) is 28.0 Å². The second-order valence-corrected chi connectivity index (χ2v) is 3.43. The monoisotopic (exact) mass is 279 g/mol. The van der Waals surface area contributed by atoms with Gasteiger partial charge in [0.05, 0.1) is 22.2 Å². The molecule has 1 aromatic heterocycles. The van der Waals surface area contributed by atoms with E-state index >= 15 is 0 Å². The van der Waals surface area contributed by atoms with Crippen molar-refractivity contribution in [2.75, 3.05) is 0 Å². The SMILES string of the molecule is FC(F)c1cc(C(F)(F)F)c(Cl)c(CCl)n1. The van der Waals surface area contributed by atoms with Crippen LogP contribution in [0.25, 0.3) is 0 Å². The van der Waals surface area contributed by atoms with E-state index in [-0.39, 0.29) is 6.07 Å². The van der Waals surface area contributed by atoms with Crippen molar-refractivity contribution in [2.24, 2.45) is 0 Å². The van der Waals surface area contributed by atoms with Crippen LogP contribution < -0.4 is 0 Å². The van der Waals surface area contributed by atoms with E-state index in [4.69, 9.17) is 23.2 Å². The Morgan fingerprint density at radius 2 is 1.88 bits per heavy atom. The van der Waals surface area contributed by atoms with Gasteiger partial charge in [0.1, 0.15) is 5.69 Å². The van der Waals surface area contributed by atoms with Crippen LogP contribution in [0.5, 0.6) is 0 Å². The molecule has 0 aliphatic carbocycles. The van der Waals surface area contributed by atoms with Gasteiger partial charge in [-0.2, -0.15) is 13.2 Å². The number of rotatable bonds is 2. The maximum absolute atomic E-state index is 12.4. The summed E-state index contributed by atoms with van der Waals surface area (Å²) in [7, 11) is 0. The van der Waals surface area contributed by atoms with Gasteiger partial charge >= 0.3 is 6.18 Å². The number of nitrogens with zero attached hydrogens (tertiary/aromatic N) is 1. The smallest absolute Gasteiger partial charge is 0.249 e. The molecule has 0 aliphatic heterocycles.